The smallest absolute Gasteiger partial charge is 0.257 e. The lowest BCUT2D eigenvalue weighted by atomic mass is 9.98. The Balaban J connectivity index is 1.19. The number of nitrogens with zero attached hydrogens (tertiary/aromatic N) is 3. The van der Waals surface area contributed by atoms with Gasteiger partial charge in [0, 0.05) is 64.5 Å². The average molecular weight is 538 g/mol. The van der Waals surface area contributed by atoms with E-state index in [-0.39, 0.29) is 5.91 Å². The number of amides is 1. The number of hydrogen-bond acceptors (Lipinski definition) is 7. The van der Waals surface area contributed by atoms with Gasteiger partial charge in [-0.3, -0.25) is 4.79 Å². The molecule has 0 bridgehead atoms. The molecule has 1 fully saturated rings. The molecule has 5 aromatic rings. The fourth-order valence-electron chi connectivity index (χ4n) is 5.40. The number of aryl methyl sites for hydroxylation is 2. The van der Waals surface area contributed by atoms with Crippen molar-refractivity contribution in [2.45, 2.75) is 39.8 Å². The second-order valence-corrected chi connectivity index (χ2v) is 11.3. The standard InChI is InChI=1S/C31H31N5O2S/c1-18-13-23(30-33-21(4)38-35-30)7-11-26(18)22-5-8-24(9-6-22)34-31(37)28-17-39-29-12-10-25(14-27(28)29)36-15-19(2)32-20(3)16-36/h5-14,17,19-20,32H,15-16H2,1-4H3,(H,34,37)/t19-,20+. The number of aromatic nitrogens is 2. The Morgan fingerprint density at radius 3 is 2.44 bits per heavy atom. The first kappa shape index (κ1) is 25.3. The van der Waals surface area contributed by atoms with Crippen molar-refractivity contribution in [3.63, 3.8) is 0 Å². The molecule has 0 saturated carbocycles. The van der Waals surface area contributed by atoms with E-state index in [0.717, 1.165) is 56.8 Å². The lowest BCUT2D eigenvalue weighted by molar-refractivity contribution is 0.102. The zero-order chi connectivity index (χ0) is 27.1. The summed E-state index contributed by atoms with van der Waals surface area (Å²) in [5.74, 6) is 1.04. The van der Waals surface area contributed by atoms with Gasteiger partial charge in [-0.15, -0.1) is 11.3 Å². The topological polar surface area (TPSA) is 83.3 Å². The molecular formula is C31H31N5O2S. The van der Waals surface area contributed by atoms with Crippen molar-refractivity contribution >= 4 is 38.7 Å². The summed E-state index contributed by atoms with van der Waals surface area (Å²) in [7, 11) is 0. The average Bonchev–Trinajstić information content (AvgIpc) is 3.54. The van der Waals surface area contributed by atoms with Crippen LogP contribution in [0.2, 0.25) is 0 Å². The van der Waals surface area contributed by atoms with Crippen LogP contribution in [0.4, 0.5) is 11.4 Å². The van der Waals surface area contributed by atoms with Gasteiger partial charge in [0.15, 0.2) is 0 Å². The number of nitrogens with one attached hydrogen (secondary N) is 2. The molecule has 1 aliphatic rings. The minimum Gasteiger partial charge on any atom is -0.368 e. The fraction of sp³-hybridized carbons (Fsp3) is 0.258. The van der Waals surface area contributed by atoms with E-state index >= 15 is 0 Å². The van der Waals surface area contributed by atoms with Crippen LogP contribution in [0.3, 0.4) is 0 Å². The summed E-state index contributed by atoms with van der Waals surface area (Å²) in [6.07, 6.45) is 0. The van der Waals surface area contributed by atoms with Crippen LogP contribution >= 0.6 is 11.3 Å². The summed E-state index contributed by atoms with van der Waals surface area (Å²) in [6, 6.07) is 21.4. The Bertz CT molecular complexity index is 1650. The first-order valence-corrected chi connectivity index (χ1v) is 14.1. The monoisotopic (exact) mass is 537 g/mol. The van der Waals surface area contributed by atoms with E-state index in [1.54, 1.807) is 18.3 Å². The van der Waals surface area contributed by atoms with Gasteiger partial charge < -0.3 is 20.1 Å². The first-order chi connectivity index (χ1) is 18.8. The van der Waals surface area contributed by atoms with Gasteiger partial charge in [-0.25, -0.2) is 0 Å². The number of rotatable bonds is 5. The van der Waals surface area contributed by atoms with E-state index in [1.807, 2.05) is 35.7 Å². The largest absolute Gasteiger partial charge is 0.368 e. The molecular weight excluding hydrogens is 506 g/mol. The van der Waals surface area contributed by atoms with Crippen molar-refractivity contribution in [2.75, 3.05) is 23.3 Å². The number of anilines is 2. The van der Waals surface area contributed by atoms with Gasteiger partial charge in [0.05, 0.1) is 5.56 Å². The number of fused-ring (bicyclic) bond motifs is 1. The van der Waals surface area contributed by atoms with Crippen molar-refractivity contribution < 1.29 is 9.32 Å². The highest BCUT2D eigenvalue weighted by molar-refractivity contribution is 7.17. The zero-order valence-electron chi connectivity index (χ0n) is 22.5. The van der Waals surface area contributed by atoms with Gasteiger partial charge in [-0.1, -0.05) is 29.4 Å². The van der Waals surface area contributed by atoms with E-state index in [4.69, 9.17) is 4.52 Å². The van der Waals surface area contributed by atoms with Crippen LogP contribution in [0, 0.1) is 13.8 Å². The molecule has 8 heteroatoms. The predicted octanol–water partition coefficient (Wildman–Crippen LogP) is 6.67. The van der Waals surface area contributed by atoms with E-state index in [1.165, 1.54) is 0 Å². The highest BCUT2D eigenvalue weighted by Gasteiger charge is 2.22. The molecule has 1 saturated heterocycles. The van der Waals surface area contributed by atoms with Gasteiger partial charge in [0.2, 0.25) is 11.7 Å². The Labute approximate surface area is 231 Å². The van der Waals surface area contributed by atoms with Crippen molar-refractivity contribution in [3.8, 4) is 22.5 Å². The number of benzene rings is 3. The van der Waals surface area contributed by atoms with E-state index in [2.05, 4.69) is 76.8 Å². The molecule has 3 aromatic carbocycles. The lowest BCUT2D eigenvalue weighted by Gasteiger charge is -2.37. The van der Waals surface area contributed by atoms with Crippen molar-refractivity contribution in [1.29, 1.82) is 0 Å². The molecule has 1 amide bonds. The molecule has 2 N–H and O–H groups in total. The second-order valence-electron chi connectivity index (χ2n) is 10.4. The van der Waals surface area contributed by atoms with Crippen LogP contribution in [0.1, 0.15) is 35.7 Å². The SMILES string of the molecule is Cc1nc(-c2ccc(-c3ccc(NC(=O)c4csc5ccc(N6C[C@@H](C)N[C@@H](C)C6)cc45)cc3)c(C)c2)no1. The number of thiophene rings is 1. The molecule has 39 heavy (non-hydrogen) atoms. The molecule has 198 valence electrons. The number of hydrogen-bond donors (Lipinski definition) is 2. The lowest BCUT2D eigenvalue weighted by Crippen LogP contribution is -2.54. The Morgan fingerprint density at radius 1 is 1.00 bits per heavy atom. The summed E-state index contributed by atoms with van der Waals surface area (Å²) < 4.78 is 6.23. The highest BCUT2D eigenvalue weighted by Crippen LogP contribution is 2.32. The number of piperazine rings is 1. The van der Waals surface area contributed by atoms with E-state index in [0.29, 0.717) is 29.4 Å². The first-order valence-electron chi connectivity index (χ1n) is 13.2. The summed E-state index contributed by atoms with van der Waals surface area (Å²) >= 11 is 1.60. The third-order valence-corrected chi connectivity index (χ3v) is 8.15. The molecule has 3 heterocycles. The Kier molecular flexibility index (Phi) is 6.66. The maximum atomic E-state index is 13.3. The molecule has 6 rings (SSSR count). The quantitative estimate of drug-likeness (QED) is 0.260. The van der Waals surface area contributed by atoms with Crippen molar-refractivity contribution in [3.05, 3.63) is 83.1 Å². The van der Waals surface area contributed by atoms with Crippen LogP contribution in [-0.4, -0.2) is 41.2 Å². The summed E-state index contributed by atoms with van der Waals surface area (Å²) in [5, 5.41) is 13.6. The van der Waals surface area contributed by atoms with E-state index in [9.17, 15) is 4.79 Å². The van der Waals surface area contributed by atoms with Crippen LogP contribution in [0.15, 0.2) is 70.6 Å². The van der Waals surface area contributed by atoms with Crippen LogP contribution in [-0.2, 0) is 0 Å². The molecule has 0 radical (unpaired) electrons. The van der Waals surface area contributed by atoms with Gasteiger partial charge in [-0.05, 0) is 73.9 Å². The van der Waals surface area contributed by atoms with Gasteiger partial charge >= 0.3 is 0 Å². The molecule has 7 nitrogen and oxygen atoms in total. The van der Waals surface area contributed by atoms with Crippen LogP contribution in [0.25, 0.3) is 32.6 Å². The van der Waals surface area contributed by atoms with Crippen LogP contribution < -0.4 is 15.5 Å². The maximum absolute atomic E-state index is 13.3. The fourth-order valence-corrected chi connectivity index (χ4v) is 6.32. The number of carbonyl (C=O) groups excluding carboxylic acids is 1. The zero-order valence-corrected chi connectivity index (χ0v) is 23.3. The van der Waals surface area contributed by atoms with Gasteiger partial charge in [-0.2, -0.15) is 4.98 Å². The third-order valence-electron chi connectivity index (χ3n) is 7.19. The van der Waals surface area contributed by atoms with Gasteiger partial charge in [0.25, 0.3) is 5.91 Å². The summed E-state index contributed by atoms with van der Waals surface area (Å²) in [6.45, 7) is 10.2. The van der Waals surface area contributed by atoms with E-state index < -0.39 is 0 Å². The normalized spacial score (nSPS) is 17.5. The molecule has 1 aliphatic heterocycles. The Morgan fingerprint density at radius 2 is 1.74 bits per heavy atom. The second kappa shape index (κ2) is 10.3. The maximum Gasteiger partial charge on any atom is 0.257 e. The van der Waals surface area contributed by atoms with Crippen LogP contribution in [0.5, 0.6) is 0 Å². The minimum atomic E-state index is -0.0934. The molecule has 0 aliphatic carbocycles. The van der Waals surface area contributed by atoms with Crippen molar-refractivity contribution in [2.24, 2.45) is 0 Å². The predicted molar refractivity (Wildman–Crippen MR) is 159 cm³/mol. The third kappa shape index (κ3) is 5.17. The van der Waals surface area contributed by atoms with Crippen molar-refractivity contribution in [1.82, 2.24) is 15.5 Å². The molecule has 2 aromatic heterocycles. The van der Waals surface area contributed by atoms with Gasteiger partial charge in [0.1, 0.15) is 0 Å². The Hall–Kier alpha value is -4.01. The molecule has 0 spiro atoms. The minimum absolute atomic E-state index is 0.0934. The molecule has 0 unspecified atom stereocenters. The molecule has 2 atom stereocenters. The summed E-state index contributed by atoms with van der Waals surface area (Å²) in [4.78, 5) is 20.0. The number of carbonyl (C=O) groups is 1. The summed E-state index contributed by atoms with van der Waals surface area (Å²) in [5.41, 5.74) is 6.86. The highest BCUT2D eigenvalue weighted by atomic mass is 32.1.